The second-order valence-electron chi connectivity index (χ2n) is 9.93. The van der Waals surface area contributed by atoms with Crippen molar-refractivity contribution in [2.75, 3.05) is 12.4 Å². The number of carbonyl (C=O) groups is 2. The van der Waals surface area contributed by atoms with Crippen LogP contribution in [-0.2, 0) is 19.4 Å². The summed E-state index contributed by atoms with van der Waals surface area (Å²) in [6.45, 7) is 1.81. The third-order valence-electron chi connectivity index (χ3n) is 9.13. The van der Waals surface area contributed by atoms with Crippen LogP contribution in [0.15, 0.2) is 11.6 Å². The number of sulfone groups is 1. The number of hydrogen-bond acceptors (Lipinski definition) is 5. The van der Waals surface area contributed by atoms with Gasteiger partial charge in [-0.1, -0.05) is 6.92 Å². The third kappa shape index (κ3) is 2.17. The first kappa shape index (κ1) is 18.0. The van der Waals surface area contributed by atoms with Gasteiger partial charge >= 0.3 is 0 Å². The summed E-state index contributed by atoms with van der Waals surface area (Å²) in [5, 5.41) is 8.92. The lowest BCUT2D eigenvalue weighted by Crippen LogP contribution is -2.53. The number of ketones is 2. The molecule has 0 radical (unpaired) electrons. The van der Waals surface area contributed by atoms with Gasteiger partial charge in [0.05, 0.1) is 11.0 Å². The predicted octanol–water partition coefficient (Wildman–Crippen LogP) is 2.08. The molecule has 1 heterocycles. The zero-order valence-electron chi connectivity index (χ0n) is 15.8. The van der Waals surface area contributed by atoms with Crippen LogP contribution >= 0.6 is 0 Å². The molecule has 2 bridgehead atoms. The minimum absolute atomic E-state index is 0.0492. The van der Waals surface area contributed by atoms with Gasteiger partial charge in [-0.3, -0.25) is 9.59 Å². The second kappa shape index (κ2) is 5.53. The summed E-state index contributed by atoms with van der Waals surface area (Å²) >= 11 is 0. The molecule has 0 aromatic heterocycles. The Bertz CT molecular complexity index is 858. The molecule has 0 amide bonds. The van der Waals surface area contributed by atoms with E-state index in [-0.39, 0.29) is 34.1 Å². The lowest BCUT2D eigenvalue weighted by Gasteiger charge is -2.57. The van der Waals surface area contributed by atoms with Crippen molar-refractivity contribution in [2.24, 2.45) is 34.5 Å². The van der Waals surface area contributed by atoms with Crippen LogP contribution in [0.2, 0.25) is 0 Å². The Kier molecular flexibility index (Phi) is 3.70. The van der Waals surface area contributed by atoms with Crippen molar-refractivity contribution >= 4 is 21.4 Å². The monoisotopic (exact) mass is 392 g/mol. The molecule has 27 heavy (non-hydrogen) atoms. The summed E-state index contributed by atoms with van der Waals surface area (Å²) in [5.41, 5.74) is 0.470. The summed E-state index contributed by atoms with van der Waals surface area (Å²) < 4.78 is 26.0. The summed E-state index contributed by atoms with van der Waals surface area (Å²) in [7, 11) is -3.21. The molecule has 1 N–H and O–H groups in total. The average Bonchev–Trinajstić information content (AvgIpc) is 3.04. The maximum Gasteiger partial charge on any atom is 0.161 e. The fraction of sp³-hybridized carbons (Fsp3) is 0.810. The summed E-state index contributed by atoms with van der Waals surface area (Å²) in [6.07, 6.45) is 7.05. The van der Waals surface area contributed by atoms with Crippen molar-refractivity contribution in [3.8, 4) is 0 Å². The molecular formula is C21H28O5S. The van der Waals surface area contributed by atoms with Gasteiger partial charge in [-0.15, -0.1) is 0 Å². The van der Waals surface area contributed by atoms with Crippen molar-refractivity contribution < 1.29 is 23.1 Å². The van der Waals surface area contributed by atoms with Crippen molar-refractivity contribution in [3.63, 3.8) is 0 Å². The number of Topliss-reactive ketones (excluding diaryl/α,β-unsaturated/α-hetero) is 1. The molecule has 1 aliphatic heterocycles. The van der Waals surface area contributed by atoms with Crippen LogP contribution in [0.3, 0.4) is 0 Å². The largest absolute Gasteiger partial charge is 0.389 e. The fourth-order valence-electron chi connectivity index (χ4n) is 8.07. The Morgan fingerprint density at radius 3 is 2.74 bits per heavy atom. The molecule has 0 aromatic carbocycles. The van der Waals surface area contributed by atoms with E-state index in [9.17, 15) is 23.1 Å². The van der Waals surface area contributed by atoms with Crippen molar-refractivity contribution in [2.45, 2.75) is 57.1 Å². The van der Waals surface area contributed by atoms with E-state index < -0.39 is 21.7 Å². The molecular weight excluding hydrogens is 364 g/mol. The Balaban J connectivity index is 1.58. The van der Waals surface area contributed by atoms with E-state index in [4.69, 9.17) is 0 Å². The van der Waals surface area contributed by atoms with Crippen molar-refractivity contribution in [1.82, 2.24) is 0 Å². The van der Waals surface area contributed by atoms with E-state index in [1.807, 2.05) is 0 Å². The SMILES string of the molecule is C[C@]12CC[C@H]3[C@@H](CC4C5=CC(=O)CC[C@@]53CS4(=O)=O)[C@@H]1CC[C@@H]2C(=O)CO. The maximum atomic E-state index is 13.0. The van der Waals surface area contributed by atoms with Crippen molar-refractivity contribution in [3.05, 3.63) is 11.6 Å². The van der Waals surface area contributed by atoms with E-state index in [1.54, 1.807) is 6.08 Å². The molecule has 148 valence electrons. The summed E-state index contributed by atoms with van der Waals surface area (Å²) in [4.78, 5) is 24.4. The highest BCUT2D eigenvalue weighted by Crippen LogP contribution is 2.69. The van der Waals surface area contributed by atoms with E-state index in [1.165, 1.54) is 0 Å². The maximum absolute atomic E-state index is 13.0. The Hall–Kier alpha value is -1.01. The van der Waals surface area contributed by atoms with Gasteiger partial charge in [-0.05, 0) is 73.3 Å². The zero-order valence-corrected chi connectivity index (χ0v) is 16.6. The number of aliphatic hydroxyl groups is 1. The Morgan fingerprint density at radius 2 is 2.00 bits per heavy atom. The van der Waals surface area contributed by atoms with Gasteiger partial charge in [0, 0.05) is 17.8 Å². The van der Waals surface area contributed by atoms with Gasteiger partial charge < -0.3 is 5.11 Å². The first-order valence-electron chi connectivity index (χ1n) is 10.3. The zero-order chi connectivity index (χ0) is 19.2. The molecule has 1 unspecified atom stereocenters. The van der Waals surface area contributed by atoms with E-state index in [0.29, 0.717) is 37.0 Å². The average molecular weight is 393 g/mol. The van der Waals surface area contributed by atoms with Crippen LogP contribution in [0.25, 0.3) is 0 Å². The number of fused-ring (bicyclic) bond motifs is 3. The van der Waals surface area contributed by atoms with Gasteiger partial charge in [0.2, 0.25) is 0 Å². The predicted molar refractivity (Wildman–Crippen MR) is 99.6 cm³/mol. The van der Waals surface area contributed by atoms with E-state index in [0.717, 1.165) is 31.3 Å². The highest BCUT2D eigenvalue weighted by atomic mass is 32.2. The minimum Gasteiger partial charge on any atom is -0.389 e. The van der Waals surface area contributed by atoms with E-state index in [2.05, 4.69) is 6.92 Å². The molecule has 7 atom stereocenters. The number of hydrogen-bond donors (Lipinski definition) is 1. The van der Waals surface area contributed by atoms with Gasteiger partial charge in [-0.2, -0.15) is 0 Å². The molecule has 4 fully saturated rings. The molecule has 5 aliphatic rings. The van der Waals surface area contributed by atoms with Crippen LogP contribution in [0.5, 0.6) is 0 Å². The first-order chi connectivity index (χ1) is 12.7. The second-order valence-corrected chi connectivity index (χ2v) is 12.1. The van der Waals surface area contributed by atoms with Crippen LogP contribution in [-0.4, -0.2) is 42.7 Å². The minimum atomic E-state index is -3.21. The van der Waals surface area contributed by atoms with Gasteiger partial charge in [-0.25, -0.2) is 8.42 Å². The molecule has 0 spiro atoms. The normalized spacial score (nSPS) is 49.8. The van der Waals surface area contributed by atoms with Crippen LogP contribution in [0.4, 0.5) is 0 Å². The van der Waals surface area contributed by atoms with E-state index >= 15 is 0 Å². The number of rotatable bonds is 2. The summed E-state index contributed by atoms with van der Waals surface area (Å²) in [6, 6.07) is 0. The fourth-order valence-corrected chi connectivity index (χ4v) is 10.7. The Labute approximate surface area is 160 Å². The molecule has 3 saturated carbocycles. The number of carbonyl (C=O) groups excluding carboxylic acids is 2. The van der Waals surface area contributed by atoms with Crippen LogP contribution < -0.4 is 0 Å². The van der Waals surface area contributed by atoms with Crippen molar-refractivity contribution in [1.29, 1.82) is 0 Å². The lowest BCUT2D eigenvalue weighted by atomic mass is 9.46. The molecule has 5 nitrogen and oxygen atoms in total. The molecule has 5 rings (SSSR count). The highest BCUT2D eigenvalue weighted by Gasteiger charge is 2.67. The summed E-state index contributed by atoms with van der Waals surface area (Å²) in [5.74, 6) is 1.13. The topological polar surface area (TPSA) is 88.5 Å². The molecule has 6 heteroatoms. The van der Waals surface area contributed by atoms with Crippen LogP contribution in [0, 0.1) is 34.5 Å². The quantitative estimate of drug-likeness (QED) is 0.777. The third-order valence-corrected chi connectivity index (χ3v) is 11.4. The van der Waals surface area contributed by atoms with Crippen LogP contribution in [0.1, 0.15) is 51.9 Å². The molecule has 0 aromatic rings. The van der Waals surface area contributed by atoms with Gasteiger partial charge in [0.1, 0.15) is 6.61 Å². The number of aliphatic hydroxyl groups excluding tert-OH is 1. The highest BCUT2D eigenvalue weighted by molar-refractivity contribution is 7.92. The molecule has 1 saturated heterocycles. The first-order valence-corrected chi connectivity index (χ1v) is 12.0. The standard InChI is InChI=1S/C21H28O5S/c1-20-6-5-15-13(14(20)2-3-16(20)18(24)10-22)9-19-17-8-12(23)4-7-21(15,17)11-27(19,25)26/h8,13-16,19,22H,2-7,9-11H2,1H3/t13-,14-,15-,16+,19?,20-,21-/m0/s1. The van der Waals surface area contributed by atoms with Gasteiger partial charge in [0.25, 0.3) is 0 Å². The Morgan fingerprint density at radius 1 is 1.22 bits per heavy atom. The smallest absolute Gasteiger partial charge is 0.161 e. The van der Waals surface area contributed by atoms with Gasteiger partial charge in [0.15, 0.2) is 21.4 Å². The molecule has 4 aliphatic carbocycles. The lowest BCUT2D eigenvalue weighted by molar-refractivity contribution is -0.132.